The molecule has 0 aliphatic heterocycles. The van der Waals surface area contributed by atoms with Gasteiger partial charge in [0.2, 0.25) is 0 Å². The van der Waals surface area contributed by atoms with E-state index in [1.807, 2.05) is 20.8 Å². The van der Waals surface area contributed by atoms with E-state index in [0.29, 0.717) is 19.3 Å². The van der Waals surface area contributed by atoms with E-state index in [1.54, 1.807) is 11.8 Å². The summed E-state index contributed by atoms with van der Waals surface area (Å²) >= 11 is 8.27. The number of hydrogen-bond donors (Lipinski definition) is 0. The fourth-order valence-electron chi connectivity index (χ4n) is 1.37. The van der Waals surface area contributed by atoms with Crippen LogP contribution in [0, 0.1) is 6.08 Å². The average molecular weight is 406 g/mol. The molecule has 1 radical (unpaired) electrons. The Hall–Kier alpha value is 0.974. The number of ketones is 2. The van der Waals surface area contributed by atoms with Crippen molar-refractivity contribution in [2.45, 2.75) is 51.2 Å². The number of carbonyl (C=O) groups excluding carboxylic acids is 2. The van der Waals surface area contributed by atoms with Crippen LogP contribution >= 0.6 is 35.7 Å². The number of rotatable bonds is 9. The van der Waals surface area contributed by atoms with Crippen molar-refractivity contribution >= 4 is 50.8 Å². The Morgan fingerprint density at radius 3 is 2.30 bits per heavy atom. The Kier molecular flexibility index (Phi) is 14.5. The molecule has 0 aromatic carbocycles. The number of thiocarbonyl (C=S) groups is 1. The average Bonchev–Trinajstić information content (AvgIpc) is 2.33. The van der Waals surface area contributed by atoms with Gasteiger partial charge in [0, 0.05) is 39.1 Å². The summed E-state index contributed by atoms with van der Waals surface area (Å²) in [7, 11) is 0. The maximum absolute atomic E-state index is 12.1. The molecule has 0 aromatic rings. The number of allylic oxidation sites excluding steroid dienone is 1. The molecule has 0 aliphatic rings. The number of Topliss-reactive ketones (excluding diaryl/α,β-unsaturated/α-hetero) is 2. The maximum Gasteiger partial charge on any atom is 0.148 e. The second-order valence-corrected chi connectivity index (χ2v) is 8.62. The van der Waals surface area contributed by atoms with Gasteiger partial charge in [0.05, 0.1) is 4.75 Å². The summed E-state index contributed by atoms with van der Waals surface area (Å²) in [5.74, 6) is 1.03. The minimum absolute atomic E-state index is 0. The molecule has 0 spiro atoms. The summed E-state index contributed by atoms with van der Waals surface area (Å²) in [5.41, 5.74) is 0. The molecule has 2 nitrogen and oxygen atoms in total. The molecule has 0 bridgehead atoms. The predicted molar refractivity (Wildman–Crippen MR) is 89.8 cm³/mol. The van der Waals surface area contributed by atoms with Gasteiger partial charge < -0.3 is 10.9 Å². The Bertz CT molecular complexity index is 354. The molecular formula is C14H21O2S3Y-. The first-order chi connectivity index (χ1) is 8.83. The zero-order chi connectivity index (χ0) is 14.9. The van der Waals surface area contributed by atoms with E-state index in [-0.39, 0.29) is 44.3 Å². The van der Waals surface area contributed by atoms with E-state index in [4.69, 9.17) is 12.2 Å². The van der Waals surface area contributed by atoms with Crippen molar-refractivity contribution < 1.29 is 42.3 Å². The van der Waals surface area contributed by atoms with Gasteiger partial charge in [-0.1, -0.05) is 30.9 Å². The van der Waals surface area contributed by atoms with Crippen molar-refractivity contribution in [1.29, 1.82) is 0 Å². The molecule has 0 saturated carbocycles. The summed E-state index contributed by atoms with van der Waals surface area (Å²) in [6.07, 6.45) is 4.68. The second kappa shape index (κ2) is 12.5. The molecule has 0 rings (SSSR count). The SMILES string of the molecule is C=[C-]C(=O)CCCCC(=O)C(C)(C)SC(=S)SCC.[Y]. The fraction of sp³-hybridized carbons (Fsp3) is 0.643. The van der Waals surface area contributed by atoms with Gasteiger partial charge in [-0.05, 0) is 44.6 Å². The molecule has 6 heteroatoms. The third-order valence-corrected chi connectivity index (χ3v) is 5.16. The van der Waals surface area contributed by atoms with Crippen LogP contribution in [0.2, 0.25) is 0 Å². The van der Waals surface area contributed by atoms with Gasteiger partial charge in [0.25, 0.3) is 0 Å². The van der Waals surface area contributed by atoms with E-state index < -0.39 is 4.75 Å². The third-order valence-electron chi connectivity index (χ3n) is 2.53. The molecule has 0 saturated heterocycles. The number of carbonyl (C=O) groups is 2. The van der Waals surface area contributed by atoms with E-state index in [9.17, 15) is 9.59 Å². The van der Waals surface area contributed by atoms with Crippen molar-refractivity contribution in [2.75, 3.05) is 5.75 Å². The molecule has 0 atom stereocenters. The van der Waals surface area contributed by atoms with Crippen molar-refractivity contribution in [3.63, 3.8) is 0 Å². The van der Waals surface area contributed by atoms with E-state index in [0.717, 1.165) is 15.7 Å². The van der Waals surface area contributed by atoms with Crippen molar-refractivity contribution in [3.8, 4) is 0 Å². The second-order valence-electron chi connectivity index (χ2n) is 4.53. The Labute approximate surface area is 161 Å². The zero-order valence-corrected chi connectivity index (χ0v) is 17.6. The molecule has 0 unspecified atom stereocenters. The van der Waals surface area contributed by atoms with Crippen LogP contribution in [0.15, 0.2) is 6.58 Å². The van der Waals surface area contributed by atoms with Gasteiger partial charge in [-0.25, -0.2) is 0 Å². The van der Waals surface area contributed by atoms with Crippen LogP contribution in [-0.4, -0.2) is 25.6 Å². The van der Waals surface area contributed by atoms with Gasteiger partial charge in [0.1, 0.15) is 9.31 Å². The van der Waals surface area contributed by atoms with Crippen LogP contribution < -0.4 is 0 Å². The summed E-state index contributed by atoms with van der Waals surface area (Å²) in [4.78, 5) is 23.1. The van der Waals surface area contributed by atoms with Gasteiger partial charge in [0.15, 0.2) is 0 Å². The topological polar surface area (TPSA) is 34.1 Å². The van der Waals surface area contributed by atoms with Crippen LogP contribution in [0.25, 0.3) is 0 Å². The Morgan fingerprint density at radius 1 is 1.25 bits per heavy atom. The van der Waals surface area contributed by atoms with Crippen LogP contribution in [0.3, 0.4) is 0 Å². The molecule has 20 heavy (non-hydrogen) atoms. The Balaban J connectivity index is 0. The summed E-state index contributed by atoms with van der Waals surface area (Å²) in [5, 5.41) is 0. The van der Waals surface area contributed by atoms with Gasteiger partial charge in [-0.2, -0.15) is 0 Å². The first-order valence-electron chi connectivity index (χ1n) is 6.28. The van der Waals surface area contributed by atoms with Crippen LogP contribution in [-0.2, 0) is 42.3 Å². The van der Waals surface area contributed by atoms with Crippen LogP contribution in [0.1, 0.15) is 46.5 Å². The van der Waals surface area contributed by atoms with Crippen molar-refractivity contribution in [3.05, 3.63) is 12.7 Å². The van der Waals surface area contributed by atoms with Gasteiger partial charge in [-0.15, -0.1) is 11.8 Å². The molecule has 0 amide bonds. The summed E-state index contributed by atoms with van der Waals surface area (Å²) in [6, 6.07) is 0. The van der Waals surface area contributed by atoms with Crippen molar-refractivity contribution in [2.24, 2.45) is 0 Å². The molecule has 0 aliphatic carbocycles. The smallest absolute Gasteiger partial charge is 0.148 e. The van der Waals surface area contributed by atoms with Crippen molar-refractivity contribution in [1.82, 2.24) is 0 Å². The van der Waals surface area contributed by atoms with Gasteiger partial charge >= 0.3 is 0 Å². The minimum Gasteiger partial charge on any atom is -0.435 e. The molecule has 111 valence electrons. The van der Waals surface area contributed by atoms with E-state index in [2.05, 4.69) is 12.7 Å². The van der Waals surface area contributed by atoms with Gasteiger partial charge in [-0.3, -0.25) is 11.4 Å². The zero-order valence-electron chi connectivity index (χ0n) is 12.4. The molecular weight excluding hydrogens is 385 g/mol. The third kappa shape index (κ3) is 10.7. The number of thioether (sulfide) groups is 2. The predicted octanol–water partition coefficient (Wildman–Crippen LogP) is 4.22. The number of unbranched alkanes of at least 4 members (excludes halogenated alkanes) is 1. The standard InChI is InChI=1S/C14H21O2S3.Y/c1-5-11(15)9-7-8-10-12(16)14(3,4)19-13(17)18-6-2;/h1,6-10H2,2-4H3;/q-1;. The number of hydrogen-bond acceptors (Lipinski definition) is 5. The van der Waals surface area contributed by atoms with E-state index >= 15 is 0 Å². The summed E-state index contributed by atoms with van der Waals surface area (Å²) < 4.78 is 0.339. The first kappa shape index (κ1) is 23.2. The molecule has 0 aromatic heterocycles. The minimum atomic E-state index is -0.478. The molecule has 0 fully saturated rings. The van der Waals surface area contributed by atoms with E-state index in [1.165, 1.54) is 11.8 Å². The first-order valence-corrected chi connectivity index (χ1v) is 8.49. The molecule has 0 heterocycles. The normalized spacial score (nSPS) is 10.6. The monoisotopic (exact) mass is 406 g/mol. The summed E-state index contributed by atoms with van der Waals surface area (Å²) in [6.45, 7) is 9.16. The maximum atomic E-state index is 12.1. The van der Waals surface area contributed by atoms with Crippen LogP contribution in [0.4, 0.5) is 0 Å². The Morgan fingerprint density at radius 2 is 1.80 bits per heavy atom. The quantitative estimate of drug-likeness (QED) is 0.248. The largest absolute Gasteiger partial charge is 0.435 e. The fourth-order valence-corrected chi connectivity index (χ4v) is 4.43. The molecule has 0 N–H and O–H groups in total. The van der Waals surface area contributed by atoms with Crippen LogP contribution in [0.5, 0.6) is 0 Å².